The van der Waals surface area contributed by atoms with Crippen molar-refractivity contribution in [3.05, 3.63) is 12.4 Å². The van der Waals surface area contributed by atoms with Crippen molar-refractivity contribution in [2.24, 2.45) is 13.0 Å². The molecule has 1 amide bonds. The summed E-state index contributed by atoms with van der Waals surface area (Å²) in [4.78, 5) is 14.3. The minimum atomic E-state index is 0. The first kappa shape index (κ1) is 20.1. The maximum absolute atomic E-state index is 12.0. The molecule has 0 radical (unpaired) electrons. The summed E-state index contributed by atoms with van der Waals surface area (Å²) in [7, 11) is 1.93. The Morgan fingerprint density at radius 1 is 1.35 bits per heavy atom. The normalized spacial score (nSPS) is 20.4. The Morgan fingerprint density at radius 2 is 2.13 bits per heavy atom. The summed E-state index contributed by atoms with van der Waals surface area (Å²) in [6.07, 6.45) is 8.72. The molecule has 1 saturated carbocycles. The van der Waals surface area contributed by atoms with E-state index in [4.69, 9.17) is 0 Å². The fraction of sp³-hybridized carbons (Fsp3) is 0.733. The first-order chi connectivity index (χ1) is 10.2. The summed E-state index contributed by atoms with van der Waals surface area (Å²) < 4.78 is 1.82. The van der Waals surface area contributed by atoms with E-state index >= 15 is 0 Å². The van der Waals surface area contributed by atoms with Gasteiger partial charge in [-0.05, 0) is 38.1 Å². The van der Waals surface area contributed by atoms with Gasteiger partial charge >= 0.3 is 0 Å². The van der Waals surface area contributed by atoms with E-state index in [1.165, 1.54) is 12.8 Å². The molecule has 2 aliphatic rings. The first-order valence-electron chi connectivity index (χ1n) is 7.94. The topological polar surface area (TPSA) is 62.2 Å². The van der Waals surface area contributed by atoms with Crippen LogP contribution in [0.4, 0.5) is 5.69 Å². The molecule has 132 valence electrons. The highest BCUT2D eigenvalue weighted by atomic mass is 35.5. The van der Waals surface area contributed by atoms with Crippen LogP contribution in [-0.2, 0) is 11.8 Å². The Morgan fingerprint density at radius 3 is 2.78 bits per heavy atom. The second-order valence-corrected chi connectivity index (χ2v) is 6.30. The highest BCUT2D eigenvalue weighted by Gasteiger charge is 2.23. The van der Waals surface area contributed by atoms with Crippen molar-refractivity contribution in [2.75, 3.05) is 31.1 Å². The number of nitrogens with one attached hydrogen (secondary N) is 2. The molecular weight excluding hydrogens is 337 g/mol. The zero-order chi connectivity index (χ0) is 14.7. The average molecular weight is 364 g/mol. The number of amides is 1. The Hall–Kier alpha value is -0.980. The second kappa shape index (κ2) is 9.35. The summed E-state index contributed by atoms with van der Waals surface area (Å²) >= 11 is 0. The van der Waals surface area contributed by atoms with Gasteiger partial charge in [-0.3, -0.25) is 9.48 Å². The third-order valence-electron chi connectivity index (χ3n) is 4.26. The molecule has 0 aromatic carbocycles. The number of piperidine rings is 1. The Kier molecular flexibility index (Phi) is 8.16. The van der Waals surface area contributed by atoms with Gasteiger partial charge in [0, 0.05) is 32.4 Å². The monoisotopic (exact) mass is 363 g/mol. The van der Waals surface area contributed by atoms with E-state index in [-0.39, 0.29) is 36.8 Å². The van der Waals surface area contributed by atoms with E-state index < -0.39 is 0 Å². The fourth-order valence-electron chi connectivity index (χ4n) is 2.89. The van der Waals surface area contributed by atoms with Crippen LogP contribution in [0.2, 0.25) is 0 Å². The molecule has 2 N–H and O–H groups in total. The number of carbonyl (C=O) groups excluding carboxylic acids is 1. The maximum Gasteiger partial charge on any atom is 0.234 e. The number of hydrogen-bond donors (Lipinski definition) is 2. The van der Waals surface area contributed by atoms with Gasteiger partial charge in [0.15, 0.2) is 0 Å². The van der Waals surface area contributed by atoms with Crippen LogP contribution in [0.1, 0.15) is 25.7 Å². The molecule has 3 rings (SSSR count). The second-order valence-electron chi connectivity index (χ2n) is 6.30. The van der Waals surface area contributed by atoms with Crippen molar-refractivity contribution in [3.8, 4) is 0 Å². The smallest absolute Gasteiger partial charge is 0.234 e. The molecule has 1 aromatic rings. The number of aryl methyl sites for hydroxylation is 1. The lowest BCUT2D eigenvalue weighted by molar-refractivity contribution is -0.121. The Bertz CT molecular complexity index is 492. The predicted octanol–water partition coefficient (Wildman–Crippen LogP) is 1.35. The van der Waals surface area contributed by atoms with Crippen LogP contribution >= 0.6 is 24.8 Å². The summed E-state index contributed by atoms with van der Waals surface area (Å²) in [5.41, 5.74) is 1.14. The minimum absolute atomic E-state index is 0. The molecular formula is C15H27Cl2N5O. The number of carbonyl (C=O) groups is 1. The van der Waals surface area contributed by atoms with Crippen molar-refractivity contribution in [1.82, 2.24) is 20.4 Å². The zero-order valence-electron chi connectivity index (χ0n) is 13.5. The number of nitrogens with zero attached hydrogens (tertiary/aromatic N) is 3. The van der Waals surface area contributed by atoms with Crippen molar-refractivity contribution in [3.63, 3.8) is 0 Å². The molecule has 1 saturated heterocycles. The molecule has 23 heavy (non-hydrogen) atoms. The zero-order valence-corrected chi connectivity index (χ0v) is 15.2. The summed E-state index contributed by atoms with van der Waals surface area (Å²) in [5.74, 6) is 0.933. The summed E-state index contributed by atoms with van der Waals surface area (Å²) in [6, 6.07) is 0.245. The maximum atomic E-state index is 12.0. The van der Waals surface area contributed by atoms with Crippen molar-refractivity contribution in [2.45, 2.75) is 31.7 Å². The van der Waals surface area contributed by atoms with Crippen LogP contribution in [-0.4, -0.2) is 47.9 Å². The molecule has 1 aliphatic carbocycles. The number of aromatic nitrogens is 2. The quantitative estimate of drug-likeness (QED) is 0.800. The van der Waals surface area contributed by atoms with Crippen molar-refractivity contribution >= 4 is 36.4 Å². The Labute approximate surface area is 150 Å². The number of halogens is 2. The van der Waals surface area contributed by atoms with Gasteiger partial charge in [0.2, 0.25) is 5.91 Å². The predicted molar refractivity (Wildman–Crippen MR) is 96.7 cm³/mol. The van der Waals surface area contributed by atoms with Gasteiger partial charge in [-0.1, -0.05) is 0 Å². The van der Waals surface area contributed by atoms with Gasteiger partial charge in [0.05, 0.1) is 18.4 Å². The SMILES string of the molecule is Cl.Cl.Cn1cc(N2CCCC(NC(=O)CNCC3CC3)C2)cn1. The molecule has 1 atom stereocenters. The van der Waals surface area contributed by atoms with Crippen molar-refractivity contribution in [1.29, 1.82) is 0 Å². The van der Waals surface area contributed by atoms with Crippen molar-refractivity contribution < 1.29 is 4.79 Å². The van der Waals surface area contributed by atoms with Crippen LogP contribution in [0.15, 0.2) is 12.4 Å². The van der Waals surface area contributed by atoms with Gasteiger partial charge in [0.25, 0.3) is 0 Å². The van der Waals surface area contributed by atoms with E-state index in [0.717, 1.165) is 44.1 Å². The van der Waals surface area contributed by atoms with E-state index in [2.05, 4.69) is 20.6 Å². The van der Waals surface area contributed by atoms with Gasteiger partial charge in [-0.25, -0.2) is 0 Å². The van der Waals surface area contributed by atoms with E-state index in [1.54, 1.807) is 0 Å². The summed E-state index contributed by atoms with van der Waals surface area (Å²) in [5, 5.41) is 10.6. The average Bonchev–Trinajstić information content (AvgIpc) is 3.18. The number of rotatable bonds is 6. The van der Waals surface area contributed by atoms with Crippen LogP contribution < -0.4 is 15.5 Å². The summed E-state index contributed by atoms with van der Waals surface area (Å²) in [6.45, 7) is 3.35. The van der Waals surface area contributed by atoms with E-state index in [1.807, 2.05) is 24.1 Å². The largest absolute Gasteiger partial charge is 0.367 e. The van der Waals surface area contributed by atoms with Crippen LogP contribution in [0.3, 0.4) is 0 Å². The molecule has 2 fully saturated rings. The molecule has 1 unspecified atom stereocenters. The van der Waals surface area contributed by atoms with Crippen LogP contribution in [0, 0.1) is 5.92 Å². The fourth-order valence-corrected chi connectivity index (χ4v) is 2.89. The molecule has 2 heterocycles. The third kappa shape index (κ3) is 6.20. The lowest BCUT2D eigenvalue weighted by Gasteiger charge is -2.33. The van der Waals surface area contributed by atoms with Crippen LogP contribution in [0.5, 0.6) is 0 Å². The van der Waals surface area contributed by atoms with Gasteiger partial charge < -0.3 is 15.5 Å². The Balaban J connectivity index is 0.00000132. The molecule has 0 bridgehead atoms. The third-order valence-corrected chi connectivity index (χ3v) is 4.26. The van der Waals surface area contributed by atoms with Gasteiger partial charge in [-0.2, -0.15) is 5.10 Å². The molecule has 1 aliphatic heterocycles. The lowest BCUT2D eigenvalue weighted by atomic mass is 10.1. The first-order valence-corrected chi connectivity index (χ1v) is 7.94. The molecule has 6 nitrogen and oxygen atoms in total. The lowest BCUT2D eigenvalue weighted by Crippen LogP contribution is -2.49. The molecule has 8 heteroatoms. The van der Waals surface area contributed by atoms with Gasteiger partial charge in [0.1, 0.15) is 0 Å². The standard InChI is InChI=1S/C15H25N5O.2ClH/c1-19-11-14(8-17-19)20-6-2-3-13(10-20)18-15(21)9-16-7-12-4-5-12;;/h8,11-13,16H,2-7,9-10H2,1H3,(H,18,21);2*1H. The molecule has 1 aromatic heterocycles. The number of anilines is 1. The molecule has 0 spiro atoms. The van der Waals surface area contributed by atoms with Gasteiger partial charge in [-0.15, -0.1) is 24.8 Å². The minimum Gasteiger partial charge on any atom is -0.367 e. The van der Waals surface area contributed by atoms with E-state index in [0.29, 0.717) is 6.54 Å². The number of hydrogen-bond acceptors (Lipinski definition) is 4. The van der Waals surface area contributed by atoms with E-state index in [9.17, 15) is 4.79 Å². The highest BCUT2D eigenvalue weighted by Crippen LogP contribution is 2.27. The van der Waals surface area contributed by atoms with Crippen LogP contribution in [0.25, 0.3) is 0 Å². The highest BCUT2D eigenvalue weighted by molar-refractivity contribution is 5.85.